The van der Waals surface area contributed by atoms with Crippen LogP contribution >= 0.6 is 0 Å². The standard InChI is InChI=1S/C38H70O3/c1(3-7-11-15-23-33-25-19-20-26-33)5-9-13-17-29-35(37-31-39-37)41-36(38-32-40-38)30-18-14-10-6-2-4-8-12-16-24-34-27-21-22-28-34/h33-38H,1-32H2. The van der Waals surface area contributed by atoms with Crippen molar-refractivity contribution in [3.8, 4) is 0 Å². The molecule has 4 rings (SSSR count). The molecule has 0 amide bonds. The summed E-state index contributed by atoms with van der Waals surface area (Å²) in [4.78, 5) is 0. The number of unbranched alkanes of at least 4 members (excludes halogenated alkanes) is 16. The zero-order chi connectivity index (χ0) is 28.2. The van der Waals surface area contributed by atoms with Crippen molar-refractivity contribution >= 4 is 0 Å². The number of epoxide rings is 2. The second-order valence-corrected chi connectivity index (χ2v) is 14.8. The zero-order valence-electron chi connectivity index (χ0n) is 27.3. The van der Waals surface area contributed by atoms with Gasteiger partial charge in [0.15, 0.2) is 0 Å². The van der Waals surface area contributed by atoms with Gasteiger partial charge in [-0.25, -0.2) is 0 Å². The molecule has 0 radical (unpaired) electrons. The average molecular weight is 575 g/mol. The third-order valence-electron chi connectivity index (χ3n) is 11.0. The summed E-state index contributed by atoms with van der Waals surface area (Å²) in [5.41, 5.74) is 0. The second-order valence-electron chi connectivity index (χ2n) is 14.8. The minimum atomic E-state index is 0.303. The summed E-state index contributed by atoms with van der Waals surface area (Å²) in [5, 5.41) is 0. The van der Waals surface area contributed by atoms with Gasteiger partial charge < -0.3 is 14.2 Å². The molecule has 3 heteroatoms. The van der Waals surface area contributed by atoms with E-state index in [-0.39, 0.29) is 0 Å². The molecule has 2 aliphatic carbocycles. The predicted octanol–water partition coefficient (Wildman–Crippen LogP) is 11.5. The minimum Gasteiger partial charge on any atom is -0.370 e. The summed E-state index contributed by atoms with van der Waals surface area (Å²) in [6.45, 7) is 1.81. The first-order valence-electron chi connectivity index (χ1n) is 19.3. The van der Waals surface area contributed by atoms with Crippen LogP contribution in [0, 0.1) is 11.8 Å². The molecule has 3 nitrogen and oxygen atoms in total. The highest BCUT2D eigenvalue weighted by Gasteiger charge is 2.40. The highest BCUT2D eigenvalue weighted by atomic mass is 16.6. The van der Waals surface area contributed by atoms with E-state index in [9.17, 15) is 0 Å². The van der Waals surface area contributed by atoms with Crippen LogP contribution in [0.25, 0.3) is 0 Å². The predicted molar refractivity (Wildman–Crippen MR) is 174 cm³/mol. The largest absolute Gasteiger partial charge is 0.370 e. The second kappa shape index (κ2) is 21.6. The Labute approximate surface area is 256 Å². The lowest BCUT2D eigenvalue weighted by Crippen LogP contribution is -2.30. The number of hydrogen-bond acceptors (Lipinski definition) is 3. The van der Waals surface area contributed by atoms with Crippen LogP contribution in [-0.4, -0.2) is 37.6 Å². The number of rotatable bonds is 28. The van der Waals surface area contributed by atoms with E-state index in [0.717, 1.165) is 25.0 Å². The fourth-order valence-corrected chi connectivity index (χ4v) is 8.08. The Morgan fingerprint density at radius 3 is 1.02 bits per heavy atom. The monoisotopic (exact) mass is 575 g/mol. The molecule has 41 heavy (non-hydrogen) atoms. The molecule has 0 aromatic carbocycles. The van der Waals surface area contributed by atoms with Gasteiger partial charge in [-0.05, 0) is 24.7 Å². The van der Waals surface area contributed by atoms with Crippen molar-refractivity contribution in [3.05, 3.63) is 0 Å². The Hall–Kier alpha value is -0.120. The van der Waals surface area contributed by atoms with E-state index in [1.165, 1.54) is 193 Å². The summed E-state index contributed by atoms with van der Waals surface area (Å²) < 4.78 is 18.1. The van der Waals surface area contributed by atoms with Crippen LogP contribution in [0.5, 0.6) is 0 Å². The normalized spacial score (nSPS) is 24.3. The molecular weight excluding hydrogens is 504 g/mol. The van der Waals surface area contributed by atoms with Crippen LogP contribution in [0.2, 0.25) is 0 Å². The van der Waals surface area contributed by atoms with Gasteiger partial charge in [0.1, 0.15) is 12.2 Å². The van der Waals surface area contributed by atoms with Crippen LogP contribution in [0.15, 0.2) is 0 Å². The van der Waals surface area contributed by atoms with Crippen molar-refractivity contribution in [3.63, 3.8) is 0 Å². The molecule has 0 spiro atoms. The molecule has 4 aliphatic rings. The molecule has 2 saturated carbocycles. The number of ether oxygens (including phenoxy) is 3. The first-order chi connectivity index (χ1) is 20.4. The maximum atomic E-state index is 6.69. The van der Waals surface area contributed by atoms with Gasteiger partial charge >= 0.3 is 0 Å². The van der Waals surface area contributed by atoms with Gasteiger partial charge in [0.2, 0.25) is 0 Å². The summed E-state index contributed by atoms with van der Waals surface area (Å²) in [7, 11) is 0. The molecule has 0 bridgehead atoms. The Morgan fingerprint density at radius 1 is 0.415 bits per heavy atom. The van der Waals surface area contributed by atoms with Crippen molar-refractivity contribution in [2.75, 3.05) is 13.2 Å². The lowest BCUT2D eigenvalue weighted by atomic mass is 9.98. The van der Waals surface area contributed by atoms with E-state index in [1.807, 2.05) is 0 Å². The quantitative estimate of drug-likeness (QED) is 0.0688. The first kappa shape index (κ1) is 33.8. The maximum absolute atomic E-state index is 6.69. The smallest absolute Gasteiger partial charge is 0.107 e. The van der Waals surface area contributed by atoms with Crippen molar-refractivity contribution in [2.45, 2.75) is 217 Å². The highest BCUT2D eigenvalue weighted by Crippen LogP contribution is 2.31. The molecule has 4 unspecified atom stereocenters. The Balaban J connectivity index is 0.926. The summed E-state index contributed by atoms with van der Waals surface area (Å²) in [6, 6.07) is 0. The third-order valence-corrected chi connectivity index (χ3v) is 11.0. The van der Waals surface area contributed by atoms with Gasteiger partial charge in [0.25, 0.3) is 0 Å². The summed E-state index contributed by atoms with van der Waals surface area (Å²) >= 11 is 0. The van der Waals surface area contributed by atoms with Gasteiger partial charge in [-0.2, -0.15) is 0 Å². The van der Waals surface area contributed by atoms with E-state index >= 15 is 0 Å². The highest BCUT2D eigenvalue weighted by molar-refractivity contribution is 4.86. The Morgan fingerprint density at radius 2 is 0.707 bits per heavy atom. The first-order valence-corrected chi connectivity index (χ1v) is 19.3. The van der Waals surface area contributed by atoms with Crippen LogP contribution in [0.3, 0.4) is 0 Å². The maximum Gasteiger partial charge on any atom is 0.107 e. The SMILES string of the molecule is C(CCCCCC1CCCC1)CCCCCC(OC(CCCCCCCCCCCC1CCCC1)C1CO1)C1CO1. The van der Waals surface area contributed by atoms with Crippen LogP contribution in [-0.2, 0) is 14.2 Å². The average Bonchev–Trinajstić information content (AvgIpc) is 3.91. The van der Waals surface area contributed by atoms with E-state index in [4.69, 9.17) is 14.2 Å². The van der Waals surface area contributed by atoms with Crippen LogP contribution < -0.4 is 0 Å². The van der Waals surface area contributed by atoms with Crippen LogP contribution in [0.1, 0.15) is 193 Å². The summed E-state index contributed by atoms with van der Waals surface area (Å²) in [6.07, 6.45) is 44.4. The topological polar surface area (TPSA) is 34.3 Å². The molecule has 4 fully saturated rings. The third kappa shape index (κ3) is 16.0. The van der Waals surface area contributed by atoms with E-state index in [0.29, 0.717) is 24.4 Å². The Bertz CT molecular complexity index is 551. The van der Waals surface area contributed by atoms with Gasteiger partial charge in [0.05, 0.1) is 25.4 Å². The molecule has 0 aromatic heterocycles. The van der Waals surface area contributed by atoms with Crippen molar-refractivity contribution < 1.29 is 14.2 Å². The molecular formula is C38H70O3. The van der Waals surface area contributed by atoms with Crippen LogP contribution in [0.4, 0.5) is 0 Å². The van der Waals surface area contributed by atoms with Gasteiger partial charge in [0, 0.05) is 0 Å². The molecule has 2 heterocycles. The summed E-state index contributed by atoms with van der Waals surface area (Å²) in [5.74, 6) is 2.17. The van der Waals surface area contributed by atoms with Crippen molar-refractivity contribution in [1.82, 2.24) is 0 Å². The lowest BCUT2D eigenvalue weighted by molar-refractivity contribution is -0.0468. The molecule has 0 N–H and O–H groups in total. The van der Waals surface area contributed by atoms with E-state index in [2.05, 4.69) is 0 Å². The molecule has 2 aliphatic heterocycles. The fourth-order valence-electron chi connectivity index (χ4n) is 8.08. The minimum absolute atomic E-state index is 0.303. The molecule has 2 saturated heterocycles. The van der Waals surface area contributed by atoms with Gasteiger partial charge in [-0.3, -0.25) is 0 Å². The van der Waals surface area contributed by atoms with E-state index < -0.39 is 0 Å². The van der Waals surface area contributed by atoms with Crippen molar-refractivity contribution in [1.29, 1.82) is 0 Å². The zero-order valence-corrected chi connectivity index (χ0v) is 27.3. The fraction of sp³-hybridized carbons (Fsp3) is 1.00. The number of hydrogen-bond donors (Lipinski definition) is 0. The molecule has 4 atom stereocenters. The molecule has 0 aromatic rings. The van der Waals surface area contributed by atoms with E-state index in [1.54, 1.807) is 0 Å². The lowest BCUT2D eigenvalue weighted by Gasteiger charge is -2.23. The van der Waals surface area contributed by atoms with Crippen molar-refractivity contribution in [2.24, 2.45) is 11.8 Å². The van der Waals surface area contributed by atoms with Gasteiger partial charge in [-0.15, -0.1) is 0 Å². The van der Waals surface area contributed by atoms with Gasteiger partial charge in [-0.1, -0.05) is 180 Å². The Kier molecular flexibility index (Phi) is 17.8. The molecule has 240 valence electrons.